The van der Waals surface area contributed by atoms with Crippen molar-refractivity contribution in [2.75, 3.05) is 13.2 Å². The molecule has 0 spiro atoms. The van der Waals surface area contributed by atoms with Crippen LogP contribution >= 0.6 is 0 Å². The van der Waals surface area contributed by atoms with Crippen molar-refractivity contribution in [2.24, 2.45) is 0 Å². The van der Waals surface area contributed by atoms with Gasteiger partial charge in [0.2, 0.25) is 5.91 Å². The highest BCUT2D eigenvalue weighted by molar-refractivity contribution is 5.72. The van der Waals surface area contributed by atoms with Crippen molar-refractivity contribution in [3.05, 3.63) is 12.2 Å². The second-order valence-corrected chi connectivity index (χ2v) is 2.55. The molecular weight excluding hydrogens is 158 g/mol. The summed E-state index contributed by atoms with van der Waals surface area (Å²) in [6.45, 7) is 7.29. The highest BCUT2D eigenvalue weighted by Crippen LogP contribution is 1.97. The van der Waals surface area contributed by atoms with E-state index >= 15 is 0 Å². The molecular formula is C8H15NO3. The molecule has 4 nitrogen and oxygen atoms in total. The Kier molecular flexibility index (Phi) is 5.32. The average Bonchev–Trinajstić information content (AvgIpc) is 1.97. The van der Waals surface area contributed by atoms with Gasteiger partial charge >= 0.3 is 0 Å². The number of rotatable bonds is 5. The van der Waals surface area contributed by atoms with Crippen LogP contribution in [0, 0.1) is 0 Å². The maximum Gasteiger partial charge on any atom is 0.216 e. The lowest BCUT2D eigenvalue weighted by atomic mass is 10.3. The van der Waals surface area contributed by atoms with Gasteiger partial charge in [-0.1, -0.05) is 6.58 Å². The molecule has 0 aromatic rings. The van der Waals surface area contributed by atoms with E-state index < -0.39 is 6.29 Å². The van der Waals surface area contributed by atoms with Crippen LogP contribution in [0.4, 0.5) is 0 Å². The van der Waals surface area contributed by atoms with Crippen molar-refractivity contribution < 1.29 is 14.6 Å². The van der Waals surface area contributed by atoms with Gasteiger partial charge in [0.15, 0.2) is 6.29 Å². The zero-order chi connectivity index (χ0) is 9.56. The number of ether oxygens (including phenoxy) is 1. The second-order valence-electron chi connectivity index (χ2n) is 2.55. The number of aliphatic hydroxyl groups is 1. The molecule has 1 atom stereocenters. The van der Waals surface area contributed by atoms with E-state index in [1.165, 1.54) is 6.92 Å². The molecule has 2 N–H and O–H groups in total. The quantitative estimate of drug-likeness (QED) is 0.350. The molecule has 0 rings (SSSR count). The summed E-state index contributed by atoms with van der Waals surface area (Å²) >= 11 is 0. The van der Waals surface area contributed by atoms with E-state index in [0.717, 1.165) is 0 Å². The van der Waals surface area contributed by atoms with E-state index in [1.54, 1.807) is 6.92 Å². The predicted molar refractivity (Wildman–Crippen MR) is 45.5 cm³/mol. The van der Waals surface area contributed by atoms with Gasteiger partial charge in [-0.2, -0.15) is 0 Å². The van der Waals surface area contributed by atoms with E-state index in [-0.39, 0.29) is 12.5 Å². The second kappa shape index (κ2) is 5.74. The largest absolute Gasteiger partial charge is 0.364 e. The first kappa shape index (κ1) is 11.1. The maximum atomic E-state index is 10.4. The molecule has 0 saturated heterocycles. The van der Waals surface area contributed by atoms with Crippen molar-refractivity contribution in [1.29, 1.82) is 0 Å². The zero-order valence-corrected chi connectivity index (χ0v) is 7.46. The fourth-order valence-corrected chi connectivity index (χ4v) is 0.540. The summed E-state index contributed by atoms with van der Waals surface area (Å²) < 4.78 is 4.90. The van der Waals surface area contributed by atoms with Gasteiger partial charge in [0.05, 0.1) is 6.61 Å². The Balaban J connectivity index is 3.31. The molecule has 0 aliphatic carbocycles. The topological polar surface area (TPSA) is 58.6 Å². The third kappa shape index (κ3) is 5.88. The number of nitrogens with one attached hydrogen (secondary N) is 1. The summed E-state index contributed by atoms with van der Waals surface area (Å²) in [5.41, 5.74) is 0.554. The van der Waals surface area contributed by atoms with Gasteiger partial charge in [0.1, 0.15) is 0 Å². The maximum absolute atomic E-state index is 10.4. The van der Waals surface area contributed by atoms with E-state index in [1.807, 2.05) is 0 Å². The minimum Gasteiger partial charge on any atom is -0.364 e. The highest BCUT2D eigenvalue weighted by atomic mass is 16.6. The van der Waals surface area contributed by atoms with E-state index in [9.17, 15) is 4.79 Å². The first-order valence-corrected chi connectivity index (χ1v) is 3.73. The Bertz CT molecular complexity index is 168. The first-order valence-electron chi connectivity index (χ1n) is 3.73. The summed E-state index contributed by atoms with van der Waals surface area (Å²) in [7, 11) is 0. The Labute approximate surface area is 72.2 Å². The lowest BCUT2D eigenvalue weighted by molar-refractivity contribution is -0.120. The number of carbonyl (C=O) groups excluding carboxylic acids is 1. The minimum absolute atomic E-state index is 0.108. The summed E-state index contributed by atoms with van der Waals surface area (Å²) in [6.07, 6.45) is -0.932. The average molecular weight is 173 g/mol. The van der Waals surface area contributed by atoms with E-state index in [2.05, 4.69) is 11.9 Å². The molecule has 0 aliphatic heterocycles. The van der Waals surface area contributed by atoms with Crippen LogP contribution in [0.1, 0.15) is 13.8 Å². The number of aliphatic hydroxyl groups excluding tert-OH is 1. The van der Waals surface area contributed by atoms with Crippen molar-refractivity contribution in [3.8, 4) is 0 Å². The van der Waals surface area contributed by atoms with Gasteiger partial charge in [-0.3, -0.25) is 4.79 Å². The molecule has 12 heavy (non-hydrogen) atoms. The molecule has 0 radical (unpaired) electrons. The monoisotopic (exact) mass is 173 g/mol. The summed E-state index contributed by atoms with van der Waals surface area (Å²) in [5, 5.41) is 11.6. The van der Waals surface area contributed by atoms with Crippen molar-refractivity contribution >= 4 is 5.91 Å². The van der Waals surface area contributed by atoms with Crippen LogP contribution in [0.2, 0.25) is 0 Å². The van der Waals surface area contributed by atoms with Gasteiger partial charge in [0.25, 0.3) is 0 Å². The SMILES string of the molecule is C=C(C)C(O)OCCNC(C)=O. The Morgan fingerprint density at radius 3 is 2.67 bits per heavy atom. The third-order valence-corrected chi connectivity index (χ3v) is 1.17. The number of amides is 1. The minimum atomic E-state index is -0.932. The summed E-state index contributed by atoms with van der Waals surface area (Å²) in [6, 6.07) is 0. The van der Waals surface area contributed by atoms with E-state index in [4.69, 9.17) is 9.84 Å². The molecule has 0 aromatic carbocycles. The van der Waals surface area contributed by atoms with Crippen LogP contribution in [-0.2, 0) is 9.53 Å². The van der Waals surface area contributed by atoms with Gasteiger partial charge in [-0.25, -0.2) is 0 Å². The first-order chi connectivity index (χ1) is 5.54. The normalized spacial score (nSPS) is 12.2. The fourth-order valence-electron chi connectivity index (χ4n) is 0.540. The van der Waals surface area contributed by atoms with Crippen LogP contribution in [-0.4, -0.2) is 30.5 Å². The molecule has 0 bridgehead atoms. The number of carbonyl (C=O) groups is 1. The Morgan fingerprint density at radius 1 is 1.67 bits per heavy atom. The molecule has 70 valence electrons. The number of hydrogen-bond acceptors (Lipinski definition) is 3. The lowest BCUT2D eigenvalue weighted by Crippen LogP contribution is -2.26. The summed E-state index contributed by atoms with van der Waals surface area (Å²) in [5.74, 6) is -0.108. The third-order valence-electron chi connectivity index (χ3n) is 1.17. The molecule has 0 saturated carbocycles. The Hall–Kier alpha value is -0.870. The molecule has 0 aromatic heterocycles. The molecule has 0 aliphatic rings. The number of hydrogen-bond donors (Lipinski definition) is 2. The molecule has 4 heteroatoms. The van der Waals surface area contributed by atoms with Crippen molar-refractivity contribution in [2.45, 2.75) is 20.1 Å². The Morgan fingerprint density at radius 2 is 2.25 bits per heavy atom. The van der Waals surface area contributed by atoms with Gasteiger partial charge < -0.3 is 15.2 Å². The van der Waals surface area contributed by atoms with Gasteiger partial charge in [0, 0.05) is 13.5 Å². The predicted octanol–water partition coefficient (Wildman–Crippen LogP) is 0.0336. The standard InChI is InChI=1S/C8H15NO3/c1-6(2)8(11)12-5-4-9-7(3)10/h8,11H,1,4-5H2,2-3H3,(H,9,10). The lowest BCUT2D eigenvalue weighted by Gasteiger charge is -2.11. The highest BCUT2D eigenvalue weighted by Gasteiger charge is 2.02. The van der Waals surface area contributed by atoms with Gasteiger partial charge in [-0.15, -0.1) is 0 Å². The molecule has 0 heterocycles. The molecule has 1 unspecified atom stereocenters. The van der Waals surface area contributed by atoms with Crippen LogP contribution in [0.5, 0.6) is 0 Å². The van der Waals surface area contributed by atoms with Crippen LogP contribution in [0.3, 0.4) is 0 Å². The van der Waals surface area contributed by atoms with Crippen LogP contribution in [0.15, 0.2) is 12.2 Å². The smallest absolute Gasteiger partial charge is 0.216 e. The van der Waals surface area contributed by atoms with Gasteiger partial charge in [-0.05, 0) is 12.5 Å². The molecule has 0 fully saturated rings. The van der Waals surface area contributed by atoms with Crippen LogP contribution < -0.4 is 5.32 Å². The molecule has 1 amide bonds. The van der Waals surface area contributed by atoms with Crippen LogP contribution in [0.25, 0.3) is 0 Å². The van der Waals surface area contributed by atoms with Crippen molar-refractivity contribution in [1.82, 2.24) is 5.32 Å². The summed E-state index contributed by atoms with van der Waals surface area (Å²) in [4.78, 5) is 10.4. The zero-order valence-electron chi connectivity index (χ0n) is 7.46. The fraction of sp³-hybridized carbons (Fsp3) is 0.625. The van der Waals surface area contributed by atoms with E-state index in [0.29, 0.717) is 12.1 Å². The van der Waals surface area contributed by atoms with Crippen molar-refractivity contribution in [3.63, 3.8) is 0 Å².